The fourth-order valence-electron chi connectivity index (χ4n) is 3.74. The number of aromatic nitrogens is 2. The van der Waals surface area contributed by atoms with Crippen LogP contribution in [0.4, 0.5) is 5.95 Å². The number of nitrogens with one attached hydrogen (secondary N) is 1. The Labute approximate surface area is 178 Å². The summed E-state index contributed by atoms with van der Waals surface area (Å²) in [6.45, 7) is 9.00. The van der Waals surface area contributed by atoms with Crippen molar-refractivity contribution in [2.75, 3.05) is 39.1 Å². The van der Waals surface area contributed by atoms with Crippen LogP contribution in [-0.4, -0.2) is 49.1 Å². The van der Waals surface area contributed by atoms with Crippen LogP contribution in [0.15, 0.2) is 48.5 Å². The third-order valence-corrected chi connectivity index (χ3v) is 5.60. The van der Waals surface area contributed by atoms with E-state index < -0.39 is 6.10 Å². The van der Waals surface area contributed by atoms with Crippen LogP contribution in [0.5, 0.6) is 11.5 Å². The Balaban J connectivity index is 1.72. The molecule has 0 spiro atoms. The number of hydrogen-bond donors (Lipinski definition) is 3. The average Bonchev–Trinajstić information content (AvgIpc) is 3.04. The molecule has 0 unspecified atom stereocenters. The Morgan fingerprint density at radius 3 is 2.40 bits per heavy atom. The number of methoxy groups -OCH3 is 1. The molecule has 30 heavy (non-hydrogen) atoms. The van der Waals surface area contributed by atoms with E-state index >= 15 is 0 Å². The maximum atomic E-state index is 10.6. The molecule has 0 saturated heterocycles. The van der Waals surface area contributed by atoms with Gasteiger partial charge in [0.1, 0.15) is 54.9 Å². The van der Waals surface area contributed by atoms with Gasteiger partial charge in [0.2, 0.25) is 0 Å². The van der Waals surface area contributed by atoms with Gasteiger partial charge in [0, 0.05) is 0 Å². The molecule has 162 valence electrons. The first-order valence-corrected chi connectivity index (χ1v) is 10.6. The quantitative estimate of drug-likeness (QED) is 0.407. The normalized spacial score (nSPS) is 12.4. The third-order valence-electron chi connectivity index (χ3n) is 5.60. The summed E-state index contributed by atoms with van der Waals surface area (Å²) >= 11 is 0. The topological polar surface area (TPSA) is 78.0 Å². The first-order valence-electron chi connectivity index (χ1n) is 10.6. The zero-order valence-electron chi connectivity index (χ0n) is 18.2. The fraction of sp³-hybridized carbons (Fsp3) is 0.435. The smallest absolute Gasteiger partial charge is 0.356 e. The van der Waals surface area contributed by atoms with Gasteiger partial charge in [-0.05, 0) is 50.2 Å². The fourth-order valence-corrected chi connectivity index (χ4v) is 3.74. The molecule has 4 N–H and O–H groups in total. The highest BCUT2D eigenvalue weighted by atomic mass is 16.5. The van der Waals surface area contributed by atoms with E-state index in [1.165, 1.54) is 4.90 Å². The van der Waals surface area contributed by atoms with Gasteiger partial charge in [0.15, 0.2) is 0 Å². The Hall–Kier alpha value is -2.77. The molecule has 1 atom stereocenters. The van der Waals surface area contributed by atoms with Crippen LogP contribution < -0.4 is 24.7 Å². The van der Waals surface area contributed by atoms with Gasteiger partial charge < -0.3 is 19.5 Å². The highest BCUT2D eigenvalue weighted by Crippen LogP contribution is 2.18. The molecule has 3 aromatic rings. The largest absolute Gasteiger partial charge is 0.497 e. The summed E-state index contributed by atoms with van der Waals surface area (Å²) in [6, 6.07) is 15.5. The minimum absolute atomic E-state index is 0.182. The number of nitrogen functional groups attached to an aromatic ring is 1. The van der Waals surface area contributed by atoms with E-state index in [2.05, 4.69) is 24.5 Å². The molecule has 0 fully saturated rings. The lowest BCUT2D eigenvalue weighted by Crippen LogP contribution is -3.11. The summed E-state index contributed by atoms with van der Waals surface area (Å²) in [4.78, 5) is 1.53. The van der Waals surface area contributed by atoms with Crippen molar-refractivity contribution < 1.29 is 24.0 Å². The highest BCUT2D eigenvalue weighted by molar-refractivity contribution is 5.73. The van der Waals surface area contributed by atoms with E-state index in [9.17, 15) is 5.11 Å². The van der Waals surface area contributed by atoms with Crippen LogP contribution in [-0.2, 0) is 13.1 Å². The molecule has 0 bridgehead atoms. The van der Waals surface area contributed by atoms with Crippen molar-refractivity contribution in [3.05, 3.63) is 48.5 Å². The number of nitrogens with zero attached hydrogens (tertiary/aromatic N) is 2. The number of likely N-dealkylation sites (N-methyl/N-ethyl adjacent to an activating group) is 1. The van der Waals surface area contributed by atoms with Gasteiger partial charge in [-0.2, -0.15) is 0 Å². The molecule has 7 heteroatoms. The number of rotatable bonds is 11. The number of quaternary nitrogens is 1. The first-order chi connectivity index (χ1) is 14.6. The van der Waals surface area contributed by atoms with Crippen LogP contribution in [0.2, 0.25) is 0 Å². The Kier molecular flexibility index (Phi) is 7.54. The standard InChI is InChI=1S/C23H32N4O3/c1-4-25(5-2)14-15-26-21-8-6-7-9-22(21)27(23(26)24)16-18(28)17-30-20-12-10-19(29-3)11-13-20/h6-13,18,24,28H,4-5,14-17H2,1-3H3/p+2/t18-/m0/s1. The molecule has 3 rings (SSSR count). The SMILES string of the molecule is CC[NH+](CC)CCn1c(N)[n+](C[C@H](O)COc2ccc(OC)cc2)c2ccccc21. The maximum Gasteiger partial charge on any atom is 0.356 e. The van der Waals surface area contributed by atoms with Gasteiger partial charge in [0.05, 0.1) is 20.2 Å². The van der Waals surface area contributed by atoms with Crippen molar-refractivity contribution in [3.63, 3.8) is 0 Å². The molecule has 1 aromatic heterocycles. The van der Waals surface area contributed by atoms with Crippen molar-refractivity contribution in [1.82, 2.24) is 4.57 Å². The van der Waals surface area contributed by atoms with Crippen molar-refractivity contribution in [2.24, 2.45) is 0 Å². The molecular formula is C23H34N4O3+2. The Morgan fingerprint density at radius 2 is 1.73 bits per heavy atom. The van der Waals surface area contributed by atoms with E-state index in [1.807, 2.05) is 47.0 Å². The number of aliphatic hydroxyl groups is 1. The molecule has 0 saturated carbocycles. The first kappa shape index (κ1) is 21.9. The van der Waals surface area contributed by atoms with Crippen molar-refractivity contribution in [3.8, 4) is 11.5 Å². The van der Waals surface area contributed by atoms with Crippen LogP contribution in [0, 0.1) is 0 Å². The zero-order valence-corrected chi connectivity index (χ0v) is 18.2. The maximum absolute atomic E-state index is 10.6. The molecule has 0 aliphatic heterocycles. The van der Waals surface area contributed by atoms with E-state index in [-0.39, 0.29) is 6.61 Å². The number of hydrogen-bond acceptors (Lipinski definition) is 4. The zero-order chi connectivity index (χ0) is 21.5. The lowest BCUT2D eigenvalue weighted by atomic mass is 10.3. The Bertz CT molecular complexity index is 936. The summed E-state index contributed by atoms with van der Waals surface area (Å²) in [5.74, 6) is 2.12. The number of para-hydroxylation sites is 2. The molecule has 0 radical (unpaired) electrons. The lowest BCUT2D eigenvalue weighted by Gasteiger charge is -2.14. The Morgan fingerprint density at radius 1 is 1.07 bits per heavy atom. The van der Waals surface area contributed by atoms with Crippen LogP contribution in [0.25, 0.3) is 11.0 Å². The number of anilines is 1. The minimum atomic E-state index is -0.688. The number of benzene rings is 2. The monoisotopic (exact) mass is 414 g/mol. The molecule has 0 amide bonds. The predicted molar refractivity (Wildman–Crippen MR) is 118 cm³/mol. The molecule has 2 aromatic carbocycles. The van der Waals surface area contributed by atoms with Gasteiger partial charge in [0.25, 0.3) is 0 Å². The molecule has 0 aliphatic carbocycles. The summed E-state index contributed by atoms with van der Waals surface area (Å²) < 4.78 is 15.0. The summed E-state index contributed by atoms with van der Waals surface area (Å²) in [6.07, 6.45) is -0.688. The van der Waals surface area contributed by atoms with Crippen LogP contribution >= 0.6 is 0 Å². The van der Waals surface area contributed by atoms with E-state index in [4.69, 9.17) is 15.2 Å². The molecular weight excluding hydrogens is 380 g/mol. The summed E-state index contributed by atoms with van der Waals surface area (Å²) in [5, 5.41) is 10.6. The lowest BCUT2D eigenvalue weighted by molar-refractivity contribution is -0.897. The van der Waals surface area contributed by atoms with Gasteiger partial charge >= 0.3 is 5.95 Å². The van der Waals surface area contributed by atoms with Crippen LogP contribution in [0.1, 0.15) is 13.8 Å². The van der Waals surface area contributed by atoms with Crippen molar-refractivity contribution >= 4 is 17.0 Å². The van der Waals surface area contributed by atoms with Crippen molar-refractivity contribution in [2.45, 2.75) is 33.0 Å². The van der Waals surface area contributed by atoms with E-state index in [1.54, 1.807) is 7.11 Å². The second-order valence-corrected chi connectivity index (χ2v) is 7.46. The van der Waals surface area contributed by atoms with Gasteiger partial charge in [-0.25, -0.2) is 9.13 Å². The number of nitrogens with two attached hydrogens (primary N) is 1. The number of aliphatic hydroxyl groups excluding tert-OH is 1. The number of imidazole rings is 1. The van der Waals surface area contributed by atoms with E-state index in [0.29, 0.717) is 18.2 Å². The summed E-state index contributed by atoms with van der Waals surface area (Å²) in [7, 11) is 1.63. The predicted octanol–water partition coefficient (Wildman–Crippen LogP) is 0.884. The highest BCUT2D eigenvalue weighted by Gasteiger charge is 2.23. The van der Waals surface area contributed by atoms with Gasteiger partial charge in [-0.15, -0.1) is 0 Å². The van der Waals surface area contributed by atoms with Gasteiger partial charge in [-0.3, -0.25) is 5.73 Å². The van der Waals surface area contributed by atoms with Crippen molar-refractivity contribution in [1.29, 1.82) is 0 Å². The average molecular weight is 415 g/mol. The third kappa shape index (κ3) is 5.04. The van der Waals surface area contributed by atoms with Gasteiger partial charge in [-0.1, -0.05) is 12.1 Å². The summed E-state index contributed by atoms with van der Waals surface area (Å²) in [5.41, 5.74) is 8.63. The molecule has 7 nitrogen and oxygen atoms in total. The van der Waals surface area contributed by atoms with Crippen LogP contribution in [0.3, 0.4) is 0 Å². The second-order valence-electron chi connectivity index (χ2n) is 7.46. The molecule has 0 aliphatic rings. The second kappa shape index (κ2) is 10.3. The molecule has 1 heterocycles. The minimum Gasteiger partial charge on any atom is -0.497 e. The number of fused-ring (bicyclic) bond motifs is 1. The van der Waals surface area contributed by atoms with E-state index in [0.717, 1.165) is 43.0 Å². The number of ether oxygens (including phenoxy) is 2.